The molecule has 0 aliphatic rings. The summed E-state index contributed by atoms with van der Waals surface area (Å²) in [6.07, 6.45) is 0. The third-order valence-electron chi connectivity index (χ3n) is 3.68. The van der Waals surface area contributed by atoms with Crippen molar-refractivity contribution in [1.82, 2.24) is 5.32 Å². The van der Waals surface area contributed by atoms with E-state index in [9.17, 15) is 4.79 Å². The van der Waals surface area contributed by atoms with Gasteiger partial charge in [-0.1, -0.05) is 29.8 Å². The van der Waals surface area contributed by atoms with Crippen molar-refractivity contribution in [1.29, 1.82) is 0 Å². The van der Waals surface area contributed by atoms with Crippen molar-refractivity contribution < 1.29 is 14.3 Å². The molecule has 122 valence electrons. The molecule has 1 atom stereocenters. The fourth-order valence-corrected chi connectivity index (χ4v) is 2.36. The fourth-order valence-electron chi connectivity index (χ4n) is 2.36. The number of nitrogens with one attached hydrogen (secondary N) is 1. The van der Waals surface area contributed by atoms with Crippen LogP contribution >= 0.6 is 0 Å². The maximum absolute atomic E-state index is 12.0. The maximum atomic E-state index is 12.0. The highest BCUT2D eigenvalue weighted by Gasteiger charge is 2.11. The molecular weight excluding hydrogens is 290 g/mol. The molecule has 4 nitrogen and oxygen atoms in total. The van der Waals surface area contributed by atoms with Gasteiger partial charge in [0.05, 0.1) is 13.2 Å². The first-order valence-corrected chi connectivity index (χ1v) is 7.63. The normalized spacial score (nSPS) is 11.7. The van der Waals surface area contributed by atoms with Crippen molar-refractivity contribution in [2.24, 2.45) is 0 Å². The van der Waals surface area contributed by atoms with Gasteiger partial charge in [-0.3, -0.25) is 4.79 Å². The van der Waals surface area contributed by atoms with Crippen LogP contribution in [0.5, 0.6) is 11.5 Å². The van der Waals surface area contributed by atoms with Crippen LogP contribution in [0.3, 0.4) is 0 Å². The number of carbonyl (C=O) groups excluding carboxylic acids is 1. The fraction of sp³-hybridized carbons (Fsp3) is 0.316. The van der Waals surface area contributed by atoms with Gasteiger partial charge in [-0.2, -0.15) is 0 Å². The summed E-state index contributed by atoms with van der Waals surface area (Å²) in [5.41, 5.74) is 3.22. The average molecular weight is 313 g/mol. The van der Waals surface area contributed by atoms with Crippen LogP contribution in [0.2, 0.25) is 0 Å². The Balaban J connectivity index is 1.88. The lowest BCUT2D eigenvalue weighted by Gasteiger charge is -2.15. The van der Waals surface area contributed by atoms with Gasteiger partial charge in [0.2, 0.25) is 0 Å². The molecule has 0 heterocycles. The molecule has 2 aromatic carbocycles. The minimum absolute atomic E-state index is 0.00436. The van der Waals surface area contributed by atoms with Gasteiger partial charge >= 0.3 is 0 Å². The van der Waals surface area contributed by atoms with E-state index in [2.05, 4.69) is 5.32 Å². The summed E-state index contributed by atoms with van der Waals surface area (Å²) in [7, 11) is 1.63. The number of amides is 1. The van der Waals surface area contributed by atoms with Crippen molar-refractivity contribution in [2.75, 3.05) is 13.7 Å². The van der Waals surface area contributed by atoms with Gasteiger partial charge in [-0.25, -0.2) is 0 Å². The maximum Gasteiger partial charge on any atom is 0.258 e. The summed E-state index contributed by atoms with van der Waals surface area (Å²) in [4.78, 5) is 12.0. The van der Waals surface area contributed by atoms with Crippen molar-refractivity contribution in [3.63, 3.8) is 0 Å². The smallest absolute Gasteiger partial charge is 0.258 e. The standard InChI is InChI=1S/C19H23NO3/c1-13-5-10-18(14(2)11-13)23-12-19(21)20-15(3)16-6-8-17(22-4)9-7-16/h5-11,15H,12H2,1-4H3,(H,20,21)/t15-/m1/s1. The Morgan fingerprint density at radius 2 is 1.83 bits per heavy atom. The van der Waals surface area contributed by atoms with E-state index in [0.717, 1.165) is 22.6 Å². The Bertz CT molecular complexity index is 665. The predicted molar refractivity (Wildman–Crippen MR) is 91.0 cm³/mol. The average Bonchev–Trinajstić information content (AvgIpc) is 2.54. The zero-order valence-electron chi connectivity index (χ0n) is 14.1. The van der Waals surface area contributed by atoms with E-state index in [4.69, 9.17) is 9.47 Å². The largest absolute Gasteiger partial charge is 0.497 e. The van der Waals surface area contributed by atoms with Crippen molar-refractivity contribution in [3.05, 3.63) is 59.2 Å². The third-order valence-corrected chi connectivity index (χ3v) is 3.68. The van der Waals surface area contributed by atoms with Gasteiger partial charge in [0.15, 0.2) is 6.61 Å². The molecule has 0 spiro atoms. The molecule has 0 saturated heterocycles. The quantitative estimate of drug-likeness (QED) is 0.887. The number of carbonyl (C=O) groups is 1. The molecule has 0 aliphatic heterocycles. The monoisotopic (exact) mass is 313 g/mol. The molecule has 0 radical (unpaired) electrons. The molecule has 4 heteroatoms. The van der Waals surface area contributed by atoms with Crippen LogP contribution in [0.1, 0.15) is 29.7 Å². The van der Waals surface area contributed by atoms with Gasteiger partial charge in [0, 0.05) is 0 Å². The van der Waals surface area contributed by atoms with E-state index in [1.807, 2.05) is 63.2 Å². The van der Waals surface area contributed by atoms with E-state index >= 15 is 0 Å². The first-order chi connectivity index (χ1) is 11.0. The molecule has 2 aromatic rings. The number of methoxy groups -OCH3 is 1. The highest BCUT2D eigenvalue weighted by Crippen LogP contribution is 2.19. The highest BCUT2D eigenvalue weighted by atomic mass is 16.5. The first kappa shape index (κ1) is 16.9. The second-order valence-electron chi connectivity index (χ2n) is 5.62. The minimum Gasteiger partial charge on any atom is -0.497 e. The Hall–Kier alpha value is -2.49. The number of hydrogen-bond acceptors (Lipinski definition) is 3. The zero-order valence-corrected chi connectivity index (χ0v) is 14.1. The molecule has 0 unspecified atom stereocenters. The predicted octanol–water partition coefficient (Wildman–Crippen LogP) is 3.57. The van der Waals surface area contributed by atoms with E-state index in [-0.39, 0.29) is 18.6 Å². The summed E-state index contributed by atoms with van der Waals surface area (Å²) in [6.45, 7) is 5.95. The van der Waals surface area contributed by atoms with Crippen molar-refractivity contribution in [2.45, 2.75) is 26.8 Å². The first-order valence-electron chi connectivity index (χ1n) is 7.63. The van der Waals surface area contributed by atoms with Crippen LogP contribution in [-0.2, 0) is 4.79 Å². The van der Waals surface area contributed by atoms with Crippen LogP contribution in [0.15, 0.2) is 42.5 Å². The summed E-state index contributed by atoms with van der Waals surface area (Å²) < 4.78 is 10.7. The molecule has 0 saturated carbocycles. The van der Waals surface area contributed by atoms with Crippen LogP contribution in [-0.4, -0.2) is 19.6 Å². The van der Waals surface area contributed by atoms with E-state index in [1.165, 1.54) is 5.56 Å². The van der Waals surface area contributed by atoms with Gasteiger partial charge in [-0.15, -0.1) is 0 Å². The van der Waals surface area contributed by atoms with Gasteiger partial charge in [-0.05, 0) is 50.1 Å². The van der Waals surface area contributed by atoms with Crippen LogP contribution in [0.25, 0.3) is 0 Å². The zero-order chi connectivity index (χ0) is 16.8. The number of benzene rings is 2. The lowest BCUT2D eigenvalue weighted by Crippen LogP contribution is -2.31. The van der Waals surface area contributed by atoms with Gasteiger partial charge < -0.3 is 14.8 Å². The Labute approximate surface area is 137 Å². The molecule has 1 amide bonds. The number of hydrogen-bond donors (Lipinski definition) is 1. The molecule has 0 bridgehead atoms. The number of aryl methyl sites for hydroxylation is 2. The van der Waals surface area contributed by atoms with E-state index in [1.54, 1.807) is 7.11 Å². The lowest BCUT2D eigenvalue weighted by molar-refractivity contribution is -0.123. The minimum atomic E-state index is -0.145. The second-order valence-corrected chi connectivity index (χ2v) is 5.62. The molecule has 23 heavy (non-hydrogen) atoms. The summed E-state index contributed by atoms with van der Waals surface area (Å²) in [5, 5.41) is 2.93. The SMILES string of the molecule is COc1ccc([C@@H](C)NC(=O)COc2ccc(C)cc2C)cc1. The molecular formula is C19H23NO3. The van der Waals surface area contributed by atoms with Crippen LogP contribution < -0.4 is 14.8 Å². The molecule has 0 aromatic heterocycles. The summed E-state index contributed by atoms with van der Waals surface area (Å²) in [5.74, 6) is 1.39. The Morgan fingerprint density at radius 1 is 1.13 bits per heavy atom. The summed E-state index contributed by atoms with van der Waals surface area (Å²) >= 11 is 0. The van der Waals surface area contributed by atoms with Crippen LogP contribution in [0, 0.1) is 13.8 Å². The van der Waals surface area contributed by atoms with Gasteiger partial charge in [0.25, 0.3) is 5.91 Å². The number of ether oxygens (including phenoxy) is 2. The molecule has 1 N–H and O–H groups in total. The topological polar surface area (TPSA) is 47.6 Å². The van der Waals surface area contributed by atoms with E-state index < -0.39 is 0 Å². The number of rotatable bonds is 6. The Kier molecular flexibility index (Phi) is 5.63. The van der Waals surface area contributed by atoms with Crippen LogP contribution in [0.4, 0.5) is 0 Å². The van der Waals surface area contributed by atoms with Crippen molar-refractivity contribution >= 4 is 5.91 Å². The molecule has 0 fully saturated rings. The molecule has 0 aliphatic carbocycles. The van der Waals surface area contributed by atoms with E-state index in [0.29, 0.717) is 0 Å². The molecule has 2 rings (SSSR count). The second kappa shape index (κ2) is 7.68. The summed E-state index contributed by atoms with van der Waals surface area (Å²) in [6, 6.07) is 13.5. The highest BCUT2D eigenvalue weighted by molar-refractivity contribution is 5.78. The van der Waals surface area contributed by atoms with Crippen molar-refractivity contribution in [3.8, 4) is 11.5 Å². The van der Waals surface area contributed by atoms with Gasteiger partial charge in [0.1, 0.15) is 11.5 Å². The third kappa shape index (κ3) is 4.74. The lowest BCUT2D eigenvalue weighted by atomic mass is 10.1. The Morgan fingerprint density at radius 3 is 2.43 bits per heavy atom.